The van der Waals surface area contributed by atoms with E-state index in [1.807, 2.05) is 76.5 Å². The summed E-state index contributed by atoms with van der Waals surface area (Å²) in [6, 6.07) is 33.6. The lowest BCUT2D eigenvalue weighted by atomic mass is 9.79. The predicted octanol–water partition coefficient (Wildman–Crippen LogP) is 6.67. The molecule has 0 radical (unpaired) electrons. The van der Waals surface area contributed by atoms with Gasteiger partial charge in [0.1, 0.15) is 24.3 Å². The zero-order chi connectivity index (χ0) is 46.9. The van der Waals surface area contributed by atoms with Crippen LogP contribution in [0.5, 0.6) is 0 Å². The number of allylic oxidation sites excluding steroid dienone is 1. The monoisotopic (exact) mass is 921 g/mol. The van der Waals surface area contributed by atoms with E-state index in [1.54, 1.807) is 0 Å². The smallest absolute Gasteiger partial charge is 0.407 e. The highest BCUT2D eigenvalue weighted by atomic mass is 16.6. The fourth-order valence-electron chi connectivity index (χ4n) is 11.0. The van der Waals surface area contributed by atoms with Crippen LogP contribution in [0.1, 0.15) is 72.9 Å². The number of carbonyl (C=O) groups is 4. The maximum Gasteiger partial charge on any atom is 0.407 e. The molecule has 15 heteroatoms. The van der Waals surface area contributed by atoms with Gasteiger partial charge in [0.25, 0.3) is 0 Å². The first-order valence-corrected chi connectivity index (χ1v) is 23.7. The molecule has 0 saturated carbocycles. The van der Waals surface area contributed by atoms with Crippen LogP contribution in [-0.4, -0.2) is 110 Å². The largest absolute Gasteiger partial charge is 0.453 e. The Hall–Kier alpha value is -6.84. The van der Waals surface area contributed by atoms with Crippen LogP contribution in [0.4, 0.5) is 21.0 Å². The molecular weight excluding hydrogens is 863 g/mol. The molecule has 10 rings (SSSR count). The number of nitrogens with one attached hydrogen (secondary N) is 4. The van der Waals surface area contributed by atoms with Gasteiger partial charge in [-0.3, -0.25) is 9.59 Å². The van der Waals surface area contributed by atoms with E-state index in [0.717, 1.165) is 55.7 Å². The molecular formula is C53H59N7O8. The van der Waals surface area contributed by atoms with E-state index in [2.05, 4.69) is 93.8 Å². The second-order valence-corrected chi connectivity index (χ2v) is 18.6. The van der Waals surface area contributed by atoms with Crippen molar-refractivity contribution in [1.29, 1.82) is 0 Å². The molecule has 4 fully saturated rings. The number of anilines is 2. The van der Waals surface area contributed by atoms with Gasteiger partial charge >= 0.3 is 12.2 Å². The number of benzene rings is 4. The molecule has 4 N–H and O–H groups in total. The summed E-state index contributed by atoms with van der Waals surface area (Å²) >= 11 is 0. The summed E-state index contributed by atoms with van der Waals surface area (Å²) in [4.78, 5) is 59.2. The molecule has 5 aliphatic heterocycles. The van der Waals surface area contributed by atoms with Crippen LogP contribution in [-0.2, 0) is 35.0 Å². The number of alkyl carbamates (subject to hydrolysis) is 2. The first kappa shape index (κ1) is 45.0. The van der Waals surface area contributed by atoms with Gasteiger partial charge in [-0.2, -0.15) is 0 Å². The molecule has 6 unspecified atom stereocenters. The van der Waals surface area contributed by atoms with Gasteiger partial charge in [-0.1, -0.05) is 103 Å². The number of methoxy groups -OCH3 is 2. The summed E-state index contributed by atoms with van der Waals surface area (Å²) in [5.41, 5.74) is 6.49. The fraction of sp³-hybridized carbons (Fsp3) is 0.396. The van der Waals surface area contributed by atoms with Crippen molar-refractivity contribution < 1.29 is 38.1 Å². The van der Waals surface area contributed by atoms with Gasteiger partial charge in [0.2, 0.25) is 11.8 Å². The molecule has 4 aromatic carbocycles. The Kier molecular flexibility index (Phi) is 12.6. The number of amides is 4. The number of fused-ring (bicyclic) bond motifs is 3. The second kappa shape index (κ2) is 19.0. The van der Waals surface area contributed by atoms with Gasteiger partial charge < -0.3 is 54.9 Å². The number of ether oxygens (including phenoxy) is 4. The molecule has 354 valence electrons. The second-order valence-electron chi connectivity index (χ2n) is 18.6. The molecule has 0 spiro atoms. The highest BCUT2D eigenvalue weighted by molar-refractivity contribution is 5.88. The minimum absolute atomic E-state index is 0.0862. The highest BCUT2D eigenvalue weighted by Crippen LogP contribution is 2.52. The molecule has 6 aliphatic rings. The number of hydrogen-bond donors (Lipinski definition) is 4. The van der Waals surface area contributed by atoms with Crippen LogP contribution in [0.2, 0.25) is 0 Å². The van der Waals surface area contributed by atoms with Crippen LogP contribution < -0.4 is 26.2 Å². The van der Waals surface area contributed by atoms with Crippen LogP contribution in [0.3, 0.4) is 0 Å². The highest BCUT2D eigenvalue weighted by Gasteiger charge is 2.54. The minimum atomic E-state index is -0.875. The SMILES string of the molecule is COC(=O)N[C@@H](C(=O)N1CCC[C@H]1C1OC1NC1=CC2(C)C(C=C1)c1ccc(NC3OC3[C@@H]3CCCN3C(=O)[C@H](NC(=O)OC)c3ccccc3)cc1N2CCc1ccccc1)c1ccccc1. The number of hydrogen-bond acceptors (Lipinski definition) is 11. The summed E-state index contributed by atoms with van der Waals surface area (Å²) in [6.07, 6.45) is 8.58. The van der Waals surface area contributed by atoms with Crippen LogP contribution >= 0.6 is 0 Å². The molecule has 4 saturated heterocycles. The molecule has 0 bridgehead atoms. The Morgan fingerprint density at radius 1 is 0.706 bits per heavy atom. The Morgan fingerprint density at radius 2 is 1.24 bits per heavy atom. The maximum atomic E-state index is 14.1. The number of carbonyl (C=O) groups excluding carboxylic acids is 4. The molecule has 1 aliphatic carbocycles. The van der Waals surface area contributed by atoms with E-state index in [4.69, 9.17) is 18.9 Å². The van der Waals surface area contributed by atoms with E-state index in [0.29, 0.717) is 24.2 Å². The van der Waals surface area contributed by atoms with E-state index < -0.39 is 29.8 Å². The maximum absolute atomic E-state index is 14.1. The third-order valence-electron chi connectivity index (χ3n) is 14.5. The van der Waals surface area contributed by atoms with Gasteiger partial charge in [-0.05, 0) is 85.6 Å². The third kappa shape index (κ3) is 8.99. The van der Waals surface area contributed by atoms with Crippen molar-refractivity contribution in [2.75, 3.05) is 44.1 Å². The molecule has 68 heavy (non-hydrogen) atoms. The lowest BCUT2D eigenvalue weighted by Crippen LogP contribution is -2.48. The van der Waals surface area contributed by atoms with Crippen LogP contribution in [0, 0.1) is 0 Å². The Balaban J connectivity index is 0.836. The first-order chi connectivity index (χ1) is 33.1. The van der Waals surface area contributed by atoms with Crippen molar-refractivity contribution in [3.63, 3.8) is 0 Å². The van der Waals surface area contributed by atoms with E-state index >= 15 is 0 Å². The summed E-state index contributed by atoms with van der Waals surface area (Å²) in [5.74, 6) is -0.279. The summed E-state index contributed by atoms with van der Waals surface area (Å²) in [5, 5.41) is 12.8. The number of epoxide rings is 2. The average molecular weight is 922 g/mol. The lowest BCUT2D eigenvalue weighted by Gasteiger charge is -2.40. The molecule has 4 amide bonds. The summed E-state index contributed by atoms with van der Waals surface area (Å²) < 4.78 is 22.4. The average Bonchev–Trinajstić information content (AvgIpc) is 4.12. The third-order valence-corrected chi connectivity index (χ3v) is 14.5. The van der Waals surface area contributed by atoms with Gasteiger partial charge in [-0.15, -0.1) is 0 Å². The number of nitrogens with zero attached hydrogens (tertiary/aromatic N) is 3. The van der Waals surface area contributed by atoms with Crippen molar-refractivity contribution in [2.45, 2.75) is 99.3 Å². The van der Waals surface area contributed by atoms with E-state index in [1.165, 1.54) is 25.3 Å². The van der Waals surface area contributed by atoms with E-state index in [9.17, 15) is 19.2 Å². The van der Waals surface area contributed by atoms with Crippen molar-refractivity contribution >= 4 is 35.4 Å². The molecule has 10 atom stereocenters. The Morgan fingerprint density at radius 3 is 1.78 bits per heavy atom. The predicted molar refractivity (Wildman–Crippen MR) is 255 cm³/mol. The van der Waals surface area contributed by atoms with Gasteiger partial charge in [0, 0.05) is 42.6 Å². The van der Waals surface area contributed by atoms with Gasteiger partial charge in [0.15, 0.2) is 12.5 Å². The minimum Gasteiger partial charge on any atom is -0.453 e. The topological polar surface area (TPSA) is 170 Å². The van der Waals surface area contributed by atoms with Gasteiger partial charge in [-0.25, -0.2) is 9.59 Å². The summed E-state index contributed by atoms with van der Waals surface area (Å²) in [6.45, 7) is 4.23. The van der Waals surface area contributed by atoms with Crippen molar-refractivity contribution in [3.8, 4) is 0 Å². The normalized spacial score (nSPS) is 27.2. The van der Waals surface area contributed by atoms with Crippen molar-refractivity contribution in [1.82, 2.24) is 25.8 Å². The molecule has 5 heterocycles. The number of likely N-dealkylation sites (tertiary alicyclic amines) is 2. The standard InChI is InChI=1S/C53H59N7O8/c1-53-32-37(55-48-46(68-48)41-22-14-29-59(41)50(62)44(57-52(64)66-3)35-19-11-6-12-20-35)24-26-39(53)38-25-23-36(31-42(38)60(53)30-27-33-15-7-4-8-16-33)54-47-45(67-47)40-21-13-28-58(40)49(61)43(56-51(63)65-2)34-17-9-5-10-18-34/h4-12,15-20,23-26,31-32,39-41,43-48,54-55H,13-14,21-22,27-30H2,1-3H3,(H,56,63)(H,57,64)/t39?,40-,41-,43+,44+,45?,46?,47?,48?,53?/m0/s1. The zero-order valence-corrected chi connectivity index (χ0v) is 38.6. The van der Waals surface area contributed by atoms with Crippen molar-refractivity contribution in [2.24, 2.45) is 0 Å². The van der Waals surface area contributed by atoms with Gasteiger partial charge in [0.05, 0.1) is 31.8 Å². The van der Waals surface area contributed by atoms with E-state index in [-0.39, 0.29) is 54.5 Å². The lowest BCUT2D eigenvalue weighted by molar-refractivity contribution is -0.135. The fourth-order valence-corrected chi connectivity index (χ4v) is 11.0. The zero-order valence-electron chi connectivity index (χ0n) is 38.6. The summed E-state index contributed by atoms with van der Waals surface area (Å²) in [7, 11) is 2.59. The molecule has 15 nitrogen and oxygen atoms in total. The van der Waals surface area contributed by atoms with Crippen LogP contribution in [0.25, 0.3) is 0 Å². The van der Waals surface area contributed by atoms with Crippen molar-refractivity contribution in [3.05, 3.63) is 155 Å². The number of rotatable bonds is 15. The Labute approximate surface area is 396 Å². The van der Waals surface area contributed by atoms with Crippen LogP contribution in [0.15, 0.2) is 133 Å². The first-order valence-electron chi connectivity index (χ1n) is 23.7. The quantitative estimate of drug-likeness (QED) is 0.0940. The molecule has 0 aromatic heterocycles. The molecule has 4 aromatic rings. The Bertz CT molecular complexity index is 2560.